The smallest absolute Gasteiger partial charge is 0.0794 e. The molecule has 0 amide bonds. The third-order valence-corrected chi connectivity index (χ3v) is 5.40. The molecule has 2 rings (SSSR count). The van der Waals surface area contributed by atoms with Gasteiger partial charge in [-0.05, 0) is 31.9 Å². The molecular weight excluding hydrogens is 212 g/mol. The second-order valence-electron chi connectivity index (χ2n) is 4.04. The van der Waals surface area contributed by atoms with Crippen molar-refractivity contribution in [2.24, 2.45) is 5.73 Å². The van der Waals surface area contributed by atoms with Crippen LogP contribution in [0.4, 0.5) is 0 Å². The summed E-state index contributed by atoms with van der Waals surface area (Å²) in [5.74, 6) is 1.27. The Morgan fingerprint density at radius 1 is 1.71 bits per heavy atom. The number of aromatic nitrogens is 1. The third-order valence-electron chi connectivity index (χ3n) is 2.94. The van der Waals surface area contributed by atoms with Crippen molar-refractivity contribution in [3.8, 4) is 0 Å². The van der Waals surface area contributed by atoms with E-state index in [0.717, 1.165) is 6.42 Å². The molecule has 4 heteroatoms. The molecule has 1 aliphatic rings. The number of hydrogen-bond acceptors (Lipinski definition) is 4. The normalized spacial score (nSPS) is 29.3. The SMILES string of the molecule is CC1(C(N)Cc2cncs2)CCCS1. The Bertz CT molecular complexity index is 278. The number of nitrogens with zero attached hydrogens (tertiary/aromatic N) is 1. The summed E-state index contributed by atoms with van der Waals surface area (Å²) in [6, 6.07) is 0.274. The first-order valence-electron chi connectivity index (χ1n) is 4.98. The minimum absolute atomic E-state index is 0.274. The Kier molecular flexibility index (Phi) is 3.14. The average Bonchev–Trinajstić information content (AvgIpc) is 2.76. The van der Waals surface area contributed by atoms with Gasteiger partial charge in [-0.25, -0.2) is 0 Å². The fourth-order valence-electron chi connectivity index (χ4n) is 1.87. The Hall–Kier alpha value is -0.0600. The number of hydrogen-bond donors (Lipinski definition) is 1. The topological polar surface area (TPSA) is 38.9 Å². The minimum atomic E-state index is 0.274. The Balaban J connectivity index is 1.98. The Morgan fingerprint density at radius 2 is 2.57 bits per heavy atom. The maximum Gasteiger partial charge on any atom is 0.0794 e. The highest BCUT2D eigenvalue weighted by atomic mass is 32.2. The van der Waals surface area contributed by atoms with E-state index in [4.69, 9.17) is 5.73 Å². The molecule has 0 aromatic carbocycles. The van der Waals surface area contributed by atoms with Gasteiger partial charge in [0.05, 0.1) is 5.51 Å². The molecule has 14 heavy (non-hydrogen) atoms. The summed E-state index contributed by atoms with van der Waals surface area (Å²) in [5.41, 5.74) is 8.14. The molecule has 1 aromatic heterocycles. The number of thiazole rings is 1. The Labute approximate surface area is 93.3 Å². The van der Waals surface area contributed by atoms with Crippen molar-refractivity contribution in [2.75, 3.05) is 5.75 Å². The van der Waals surface area contributed by atoms with Gasteiger partial charge in [0.15, 0.2) is 0 Å². The second kappa shape index (κ2) is 4.21. The monoisotopic (exact) mass is 228 g/mol. The van der Waals surface area contributed by atoms with Crippen molar-refractivity contribution >= 4 is 23.1 Å². The summed E-state index contributed by atoms with van der Waals surface area (Å²) in [5, 5.41) is 0. The summed E-state index contributed by atoms with van der Waals surface area (Å²) < 4.78 is 0.296. The zero-order valence-electron chi connectivity index (χ0n) is 8.40. The van der Waals surface area contributed by atoms with Gasteiger partial charge in [0.25, 0.3) is 0 Å². The predicted octanol–water partition coefficient (Wildman–Crippen LogP) is 2.30. The van der Waals surface area contributed by atoms with Gasteiger partial charge in [0.2, 0.25) is 0 Å². The van der Waals surface area contributed by atoms with Gasteiger partial charge in [-0.15, -0.1) is 11.3 Å². The fraction of sp³-hybridized carbons (Fsp3) is 0.700. The van der Waals surface area contributed by atoms with E-state index in [0.29, 0.717) is 4.75 Å². The maximum atomic E-state index is 6.26. The molecule has 0 saturated carbocycles. The van der Waals surface area contributed by atoms with Gasteiger partial charge in [-0.3, -0.25) is 4.98 Å². The van der Waals surface area contributed by atoms with E-state index in [-0.39, 0.29) is 6.04 Å². The van der Waals surface area contributed by atoms with Crippen LogP contribution in [0.5, 0.6) is 0 Å². The first kappa shape index (κ1) is 10.5. The van der Waals surface area contributed by atoms with Crippen molar-refractivity contribution in [2.45, 2.75) is 37.0 Å². The zero-order chi connectivity index (χ0) is 10.0. The second-order valence-corrected chi connectivity index (χ2v) is 6.64. The molecule has 78 valence electrons. The lowest BCUT2D eigenvalue weighted by atomic mass is 9.94. The molecular formula is C10H16N2S2. The minimum Gasteiger partial charge on any atom is -0.326 e. The first-order chi connectivity index (χ1) is 6.71. The van der Waals surface area contributed by atoms with Crippen molar-refractivity contribution in [1.29, 1.82) is 0 Å². The van der Waals surface area contributed by atoms with Crippen LogP contribution in [0.2, 0.25) is 0 Å². The molecule has 0 radical (unpaired) electrons. The van der Waals surface area contributed by atoms with Crippen LogP contribution in [0.15, 0.2) is 11.7 Å². The van der Waals surface area contributed by atoms with Crippen LogP contribution in [0.3, 0.4) is 0 Å². The molecule has 2 N–H and O–H groups in total. The average molecular weight is 228 g/mol. The van der Waals surface area contributed by atoms with Crippen LogP contribution in [-0.4, -0.2) is 21.5 Å². The van der Waals surface area contributed by atoms with Crippen LogP contribution in [0, 0.1) is 0 Å². The summed E-state index contributed by atoms with van der Waals surface area (Å²) in [6.45, 7) is 2.30. The van der Waals surface area contributed by atoms with Crippen LogP contribution >= 0.6 is 23.1 Å². The first-order valence-corrected chi connectivity index (χ1v) is 6.84. The number of rotatable bonds is 3. The van der Waals surface area contributed by atoms with E-state index in [9.17, 15) is 0 Å². The summed E-state index contributed by atoms with van der Waals surface area (Å²) in [6.07, 6.45) is 5.50. The maximum absolute atomic E-state index is 6.26. The Morgan fingerprint density at radius 3 is 3.14 bits per heavy atom. The molecule has 2 nitrogen and oxygen atoms in total. The zero-order valence-corrected chi connectivity index (χ0v) is 10.0. The fourth-order valence-corrected chi connectivity index (χ4v) is 3.86. The highest BCUT2D eigenvalue weighted by Crippen LogP contribution is 2.40. The van der Waals surface area contributed by atoms with Crippen LogP contribution in [0.25, 0.3) is 0 Å². The predicted molar refractivity (Wildman–Crippen MR) is 63.9 cm³/mol. The molecule has 0 bridgehead atoms. The van der Waals surface area contributed by atoms with Gasteiger partial charge < -0.3 is 5.73 Å². The number of nitrogens with two attached hydrogens (primary N) is 1. The standard InChI is InChI=1S/C10H16N2S2/c1-10(3-2-4-14-10)9(11)5-8-6-12-7-13-8/h6-7,9H,2-5,11H2,1H3. The van der Waals surface area contributed by atoms with Crippen LogP contribution in [0.1, 0.15) is 24.6 Å². The molecule has 1 saturated heterocycles. The quantitative estimate of drug-likeness (QED) is 0.863. The van der Waals surface area contributed by atoms with Gasteiger partial charge in [-0.2, -0.15) is 11.8 Å². The van der Waals surface area contributed by atoms with E-state index in [1.165, 1.54) is 23.5 Å². The van der Waals surface area contributed by atoms with Gasteiger partial charge in [0.1, 0.15) is 0 Å². The van der Waals surface area contributed by atoms with E-state index >= 15 is 0 Å². The molecule has 0 spiro atoms. The highest BCUT2D eigenvalue weighted by molar-refractivity contribution is 8.00. The molecule has 2 atom stereocenters. The summed E-state index contributed by atoms with van der Waals surface area (Å²) in [7, 11) is 0. The largest absolute Gasteiger partial charge is 0.326 e. The molecule has 2 heterocycles. The lowest BCUT2D eigenvalue weighted by molar-refractivity contribution is 0.484. The molecule has 2 unspecified atom stereocenters. The number of thioether (sulfide) groups is 1. The van der Waals surface area contributed by atoms with Gasteiger partial charge in [-0.1, -0.05) is 0 Å². The van der Waals surface area contributed by atoms with Crippen molar-refractivity contribution in [1.82, 2.24) is 4.98 Å². The van der Waals surface area contributed by atoms with E-state index in [2.05, 4.69) is 11.9 Å². The lowest BCUT2D eigenvalue weighted by Gasteiger charge is -2.29. The molecule has 1 aliphatic heterocycles. The molecule has 0 aliphatic carbocycles. The summed E-state index contributed by atoms with van der Waals surface area (Å²) in [4.78, 5) is 5.39. The highest BCUT2D eigenvalue weighted by Gasteiger charge is 2.35. The van der Waals surface area contributed by atoms with Crippen molar-refractivity contribution in [3.63, 3.8) is 0 Å². The van der Waals surface area contributed by atoms with E-state index < -0.39 is 0 Å². The molecule has 1 fully saturated rings. The lowest BCUT2D eigenvalue weighted by Crippen LogP contribution is -2.42. The van der Waals surface area contributed by atoms with Crippen LogP contribution in [-0.2, 0) is 6.42 Å². The molecule has 1 aromatic rings. The van der Waals surface area contributed by atoms with E-state index in [1.54, 1.807) is 11.3 Å². The van der Waals surface area contributed by atoms with Gasteiger partial charge in [0, 0.05) is 21.9 Å². The van der Waals surface area contributed by atoms with Crippen LogP contribution < -0.4 is 5.73 Å². The van der Waals surface area contributed by atoms with E-state index in [1.807, 2.05) is 23.5 Å². The third kappa shape index (κ3) is 2.12. The van der Waals surface area contributed by atoms with Crippen molar-refractivity contribution < 1.29 is 0 Å². The van der Waals surface area contributed by atoms with Crippen molar-refractivity contribution in [3.05, 3.63) is 16.6 Å². The van der Waals surface area contributed by atoms with Gasteiger partial charge >= 0.3 is 0 Å². The summed E-state index contributed by atoms with van der Waals surface area (Å²) >= 11 is 3.74.